The van der Waals surface area contributed by atoms with Gasteiger partial charge < -0.3 is 15.8 Å². The maximum Gasteiger partial charge on any atom is 0.308 e. The molecule has 0 aromatic heterocycles. The minimum atomic E-state index is -0.428. The summed E-state index contributed by atoms with van der Waals surface area (Å²) in [4.78, 5) is 23.0. The molecule has 1 atom stereocenters. The summed E-state index contributed by atoms with van der Waals surface area (Å²) in [5.41, 5.74) is 6.11. The molecule has 0 aliphatic rings. The number of esters is 1. The highest BCUT2D eigenvalue weighted by molar-refractivity contribution is 9.10. The van der Waals surface area contributed by atoms with E-state index in [-0.39, 0.29) is 37.2 Å². The molecule has 0 aliphatic heterocycles. The minimum Gasteiger partial charge on any atom is -0.466 e. The Kier molecular flexibility index (Phi) is 9.20. The standard InChI is InChI=1S/C13H17BrN2O3.ClH/c1-2-19-13(18)7-11(16-12(17)8-15)9-3-5-10(14)6-4-9;/h3-6,11H,2,7-8,15H2,1H3,(H,16,17);1H. The third-order valence-corrected chi connectivity index (χ3v) is 3.00. The fraction of sp³-hybridized carbons (Fsp3) is 0.385. The molecular weight excluding hydrogens is 348 g/mol. The third-order valence-electron chi connectivity index (χ3n) is 2.47. The number of hydrogen-bond acceptors (Lipinski definition) is 4. The number of rotatable bonds is 6. The van der Waals surface area contributed by atoms with Crippen LogP contribution >= 0.6 is 28.3 Å². The van der Waals surface area contributed by atoms with Crippen molar-refractivity contribution < 1.29 is 14.3 Å². The Morgan fingerprint density at radius 3 is 2.45 bits per heavy atom. The monoisotopic (exact) mass is 364 g/mol. The van der Waals surface area contributed by atoms with Crippen molar-refractivity contribution in [2.75, 3.05) is 13.2 Å². The number of halogens is 2. The second kappa shape index (κ2) is 9.74. The summed E-state index contributed by atoms with van der Waals surface area (Å²) in [5, 5.41) is 2.71. The van der Waals surface area contributed by atoms with Gasteiger partial charge in [-0.05, 0) is 24.6 Å². The number of ether oxygens (including phenoxy) is 1. The van der Waals surface area contributed by atoms with Crippen molar-refractivity contribution >= 4 is 40.2 Å². The quantitative estimate of drug-likeness (QED) is 0.755. The number of carbonyl (C=O) groups is 2. The first kappa shape index (κ1) is 18.9. The smallest absolute Gasteiger partial charge is 0.308 e. The summed E-state index contributed by atoms with van der Waals surface area (Å²) >= 11 is 3.34. The number of nitrogens with two attached hydrogens (primary N) is 1. The van der Waals surface area contributed by atoms with E-state index in [4.69, 9.17) is 10.5 Å². The molecule has 0 spiro atoms. The van der Waals surface area contributed by atoms with E-state index in [1.165, 1.54) is 0 Å². The van der Waals surface area contributed by atoms with E-state index in [0.717, 1.165) is 10.0 Å². The Bertz CT molecular complexity index is 440. The highest BCUT2D eigenvalue weighted by atomic mass is 79.9. The number of hydrogen-bond donors (Lipinski definition) is 2. The molecule has 1 amide bonds. The zero-order valence-corrected chi connectivity index (χ0v) is 13.5. The van der Waals surface area contributed by atoms with Crippen LogP contribution in [0.25, 0.3) is 0 Å². The lowest BCUT2D eigenvalue weighted by Crippen LogP contribution is -2.35. The molecule has 0 saturated heterocycles. The normalized spacial score (nSPS) is 11.2. The van der Waals surface area contributed by atoms with E-state index in [1.807, 2.05) is 24.3 Å². The van der Waals surface area contributed by atoms with Gasteiger partial charge in [-0.25, -0.2) is 0 Å². The van der Waals surface area contributed by atoms with Crippen LogP contribution in [0.4, 0.5) is 0 Å². The van der Waals surface area contributed by atoms with Gasteiger partial charge in [-0.3, -0.25) is 9.59 Å². The van der Waals surface area contributed by atoms with Gasteiger partial charge in [0.1, 0.15) is 0 Å². The lowest BCUT2D eigenvalue weighted by Gasteiger charge is -2.18. The number of amides is 1. The molecule has 20 heavy (non-hydrogen) atoms. The molecule has 0 heterocycles. The summed E-state index contributed by atoms with van der Waals surface area (Å²) < 4.78 is 5.83. The van der Waals surface area contributed by atoms with Crippen molar-refractivity contribution in [3.63, 3.8) is 0 Å². The Balaban J connectivity index is 0.00000361. The van der Waals surface area contributed by atoms with Crippen LogP contribution in [0, 0.1) is 0 Å². The van der Waals surface area contributed by atoms with Crippen molar-refractivity contribution in [1.82, 2.24) is 5.32 Å². The van der Waals surface area contributed by atoms with Gasteiger partial charge in [0.25, 0.3) is 0 Å². The molecular formula is C13H18BrClN2O3. The van der Waals surface area contributed by atoms with Crippen LogP contribution in [0.1, 0.15) is 24.9 Å². The maximum absolute atomic E-state index is 11.5. The van der Waals surface area contributed by atoms with E-state index < -0.39 is 6.04 Å². The predicted octanol–water partition coefficient (Wildman–Crippen LogP) is 1.94. The predicted molar refractivity (Wildman–Crippen MR) is 82.6 cm³/mol. The Morgan fingerprint density at radius 1 is 1.35 bits per heavy atom. The average molecular weight is 366 g/mol. The van der Waals surface area contributed by atoms with Crippen molar-refractivity contribution in [3.05, 3.63) is 34.3 Å². The molecule has 7 heteroatoms. The molecule has 3 N–H and O–H groups in total. The van der Waals surface area contributed by atoms with Crippen LogP contribution in [0.15, 0.2) is 28.7 Å². The highest BCUT2D eigenvalue weighted by Crippen LogP contribution is 2.20. The number of carbonyl (C=O) groups excluding carboxylic acids is 2. The minimum absolute atomic E-state index is 0. The first-order valence-electron chi connectivity index (χ1n) is 5.97. The largest absolute Gasteiger partial charge is 0.466 e. The first-order valence-corrected chi connectivity index (χ1v) is 6.76. The summed E-state index contributed by atoms with van der Waals surface area (Å²) in [7, 11) is 0. The molecule has 1 aromatic carbocycles. The van der Waals surface area contributed by atoms with Crippen LogP contribution in [0.2, 0.25) is 0 Å². The summed E-state index contributed by atoms with van der Waals surface area (Å²) in [5.74, 6) is -0.662. The third kappa shape index (κ3) is 6.36. The Labute approximate surface area is 132 Å². The molecule has 0 saturated carbocycles. The Morgan fingerprint density at radius 2 is 1.95 bits per heavy atom. The first-order chi connectivity index (χ1) is 9.06. The molecule has 1 unspecified atom stereocenters. The lowest BCUT2D eigenvalue weighted by molar-refractivity contribution is -0.143. The molecule has 0 radical (unpaired) electrons. The van der Waals surface area contributed by atoms with E-state index in [1.54, 1.807) is 6.92 Å². The summed E-state index contributed by atoms with van der Waals surface area (Å²) in [6, 6.07) is 6.95. The molecule has 0 bridgehead atoms. The van der Waals surface area contributed by atoms with Crippen LogP contribution in [0.5, 0.6) is 0 Å². The van der Waals surface area contributed by atoms with Gasteiger partial charge >= 0.3 is 5.97 Å². The molecule has 1 rings (SSSR count). The summed E-state index contributed by atoms with van der Waals surface area (Å²) in [6.07, 6.45) is 0.0845. The van der Waals surface area contributed by atoms with Crippen LogP contribution in [0.3, 0.4) is 0 Å². The zero-order chi connectivity index (χ0) is 14.3. The van der Waals surface area contributed by atoms with Gasteiger partial charge in [0.15, 0.2) is 0 Å². The molecule has 0 aliphatic carbocycles. The van der Waals surface area contributed by atoms with Crippen molar-refractivity contribution in [2.24, 2.45) is 5.73 Å². The van der Waals surface area contributed by atoms with Gasteiger partial charge in [0, 0.05) is 4.47 Å². The van der Waals surface area contributed by atoms with E-state index in [2.05, 4.69) is 21.2 Å². The topological polar surface area (TPSA) is 81.4 Å². The fourth-order valence-electron chi connectivity index (χ4n) is 1.59. The second-order valence-corrected chi connectivity index (χ2v) is 4.80. The van der Waals surface area contributed by atoms with Crippen LogP contribution in [-0.4, -0.2) is 25.0 Å². The lowest BCUT2D eigenvalue weighted by atomic mass is 10.0. The maximum atomic E-state index is 11.5. The van der Waals surface area contributed by atoms with Gasteiger partial charge in [-0.1, -0.05) is 28.1 Å². The molecule has 0 fully saturated rings. The van der Waals surface area contributed by atoms with E-state index >= 15 is 0 Å². The van der Waals surface area contributed by atoms with Gasteiger partial charge in [-0.15, -0.1) is 12.4 Å². The second-order valence-electron chi connectivity index (χ2n) is 3.88. The van der Waals surface area contributed by atoms with Crippen molar-refractivity contribution in [2.45, 2.75) is 19.4 Å². The van der Waals surface area contributed by atoms with E-state index in [0.29, 0.717) is 6.61 Å². The highest BCUT2D eigenvalue weighted by Gasteiger charge is 2.18. The van der Waals surface area contributed by atoms with Crippen LogP contribution in [-0.2, 0) is 14.3 Å². The molecule has 5 nitrogen and oxygen atoms in total. The average Bonchev–Trinajstić information content (AvgIpc) is 2.39. The van der Waals surface area contributed by atoms with Crippen LogP contribution < -0.4 is 11.1 Å². The molecule has 112 valence electrons. The van der Waals surface area contributed by atoms with Crippen molar-refractivity contribution in [3.8, 4) is 0 Å². The zero-order valence-electron chi connectivity index (χ0n) is 11.1. The van der Waals surface area contributed by atoms with Gasteiger partial charge in [-0.2, -0.15) is 0 Å². The summed E-state index contributed by atoms with van der Waals surface area (Å²) in [6.45, 7) is 1.94. The van der Waals surface area contributed by atoms with Gasteiger partial charge in [0.2, 0.25) is 5.91 Å². The number of benzene rings is 1. The van der Waals surface area contributed by atoms with E-state index in [9.17, 15) is 9.59 Å². The fourth-order valence-corrected chi connectivity index (χ4v) is 1.85. The molecule has 1 aromatic rings. The van der Waals surface area contributed by atoms with Gasteiger partial charge in [0.05, 0.1) is 25.6 Å². The number of nitrogens with one attached hydrogen (secondary N) is 1. The SMILES string of the molecule is CCOC(=O)CC(NC(=O)CN)c1ccc(Br)cc1.Cl. The van der Waals surface area contributed by atoms with Crippen molar-refractivity contribution in [1.29, 1.82) is 0 Å². The Hall–Kier alpha value is -1.11.